The van der Waals surface area contributed by atoms with Gasteiger partial charge < -0.3 is 16.4 Å². The van der Waals surface area contributed by atoms with Crippen molar-refractivity contribution in [2.75, 3.05) is 16.4 Å². The number of halogens is 1. The molecular formula is C12H11FN4O. The molecule has 1 aromatic carbocycles. The SMILES string of the molecule is Nc1cnc(F)c(NC(=O)Nc2ccccc2)c1. The van der Waals surface area contributed by atoms with E-state index in [0.717, 1.165) is 0 Å². The number of carbonyl (C=O) groups excluding carboxylic acids is 1. The lowest BCUT2D eigenvalue weighted by Crippen LogP contribution is -2.20. The van der Waals surface area contributed by atoms with Crippen LogP contribution in [-0.4, -0.2) is 11.0 Å². The van der Waals surface area contributed by atoms with Crippen LogP contribution in [0.25, 0.3) is 0 Å². The lowest BCUT2D eigenvalue weighted by molar-refractivity contribution is 0.262. The highest BCUT2D eigenvalue weighted by Crippen LogP contribution is 2.15. The zero-order valence-corrected chi connectivity index (χ0v) is 9.35. The third-order valence-electron chi connectivity index (χ3n) is 2.14. The molecule has 0 fully saturated rings. The van der Waals surface area contributed by atoms with E-state index >= 15 is 0 Å². The molecule has 2 amide bonds. The van der Waals surface area contributed by atoms with Crippen molar-refractivity contribution in [1.29, 1.82) is 0 Å². The van der Waals surface area contributed by atoms with Crippen molar-refractivity contribution >= 4 is 23.1 Å². The number of hydrogen-bond donors (Lipinski definition) is 3. The molecule has 0 spiro atoms. The summed E-state index contributed by atoms with van der Waals surface area (Å²) in [5.74, 6) is -0.785. The van der Waals surface area contributed by atoms with Crippen LogP contribution in [0.15, 0.2) is 42.6 Å². The Labute approximate surface area is 103 Å². The van der Waals surface area contributed by atoms with Gasteiger partial charge in [-0.05, 0) is 18.2 Å². The summed E-state index contributed by atoms with van der Waals surface area (Å²) in [5.41, 5.74) is 6.26. The number of nitrogens with one attached hydrogen (secondary N) is 2. The van der Waals surface area contributed by atoms with Crippen molar-refractivity contribution < 1.29 is 9.18 Å². The number of amides is 2. The first-order valence-corrected chi connectivity index (χ1v) is 5.19. The van der Waals surface area contributed by atoms with Crippen LogP contribution in [0.1, 0.15) is 0 Å². The molecule has 2 aromatic rings. The summed E-state index contributed by atoms with van der Waals surface area (Å²) in [6.07, 6.45) is 1.18. The first-order valence-electron chi connectivity index (χ1n) is 5.19. The molecule has 92 valence electrons. The van der Waals surface area contributed by atoms with Crippen molar-refractivity contribution in [3.05, 3.63) is 48.5 Å². The van der Waals surface area contributed by atoms with Crippen molar-refractivity contribution in [3.8, 4) is 0 Å². The van der Waals surface area contributed by atoms with Gasteiger partial charge in [0.25, 0.3) is 0 Å². The van der Waals surface area contributed by atoms with Crippen molar-refractivity contribution in [2.45, 2.75) is 0 Å². The van der Waals surface area contributed by atoms with Crippen molar-refractivity contribution in [1.82, 2.24) is 4.98 Å². The number of nitrogens with zero attached hydrogens (tertiary/aromatic N) is 1. The fourth-order valence-electron chi connectivity index (χ4n) is 1.36. The Morgan fingerprint density at radius 2 is 1.94 bits per heavy atom. The molecule has 6 heteroatoms. The molecule has 0 saturated carbocycles. The first-order chi connectivity index (χ1) is 8.65. The molecule has 0 atom stereocenters. The maximum Gasteiger partial charge on any atom is 0.323 e. The number of rotatable bonds is 2. The number of nitrogen functional groups attached to an aromatic ring is 1. The molecule has 4 N–H and O–H groups in total. The highest BCUT2D eigenvalue weighted by molar-refractivity contribution is 5.99. The van der Waals surface area contributed by atoms with Crippen LogP contribution in [0.5, 0.6) is 0 Å². The van der Waals surface area contributed by atoms with Gasteiger partial charge in [0.1, 0.15) is 5.69 Å². The summed E-state index contributed by atoms with van der Waals surface area (Å²) in [7, 11) is 0. The zero-order chi connectivity index (χ0) is 13.0. The number of hydrogen-bond acceptors (Lipinski definition) is 3. The Bertz CT molecular complexity index is 559. The van der Waals surface area contributed by atoms with Crippen LogP contribution in [0, 0.1) is 5.95 Å². The molecule has 0 aliphatic rings. The van der Waals surface area contributed by atoms with E-state index in [-0.39, 0.29) is 11.4 Å². The van der Waals surface area contributed by atoms with Gasteiger partial charge in [-0.2, -0.15) is 4.39 Å². The standard InChI is InChI=1S/C12H11FN4O/c13-11-10(6-8(14)7-15-11)17-12(18)16-9-4-2-1-3-5-9/h1-7H,14H2,(H2,16,17,18). The summed E-state index contributed by atoms with van der Waals surface area (Å²) in [6.45, 7) is 0. The molecule has 0 aliphatic carbocycles. The number of benzene rings is 1. The van der Waals surface area contributed by atoms with E-state index in [9.17, 15) is 9.18 Å². The van der Waals surface area contributed by atoms with Crippen LogP contribution in [-0.2, 0) is 0 Å². The van der Waals surface area contributed by atoms with Crippen LogP contribution in [0.2, 0.25) is 0 Å². The summed E-state index contributed by atoms with van der Waals surface area (Å²) in [5, 5.41) is 4.88. The summed E-state index contributed by atoms with van der Waals surface area (Å²) in [6, 6.07) is 9.54. The third kappa shape index (κ3) is 2.94. The minimum absolute atomic E-state index is 0.0663. The van der Waals surface area contributed by atoms with Crippen LogP contribution >= 0.6 is 0 Å². The molecule has 0 radical (unpaired) electrons. The minimum atomic E-state index is -0.785. The average Bonchev–Trinajstić information content (AvgIpc) is 2.35. The van der Waals surface area contributed by atoms with Crippen LogP contribution in [0.3, 0.4) is 0 Å². The van der Waals surface area contributed by atoms with E-state index in [2.05, 4.69) is 15.6 Å². The minimum Gasteiger partial charge on any atom is -0.397 e. The predicted octanol–water partition coefficient (Wildman–Crippen LogP) is 2.45. The monoisotopic (exact) mass is 246 g/mol. The largest absolute Gasteiger partial charge is 0.397 e. The Balaban J connectivity index is 2.05. The Morgan fingerprint density at radius 1 is 1.22 bits per heavy atom. The molecule has 18 heavy (non-hydrogen) atoms. The fraction of sp³-hybridized carbons (Fsp3) is 0. The van der Waals surface area contributed by atoms with Gasteiger partial charge in [-0.1, -0.05) is 18.2 Å². The highest BCUT2D eigenvalue weighted by Gasteiger charge is 2.08. The summed E-state index contributed by atoms with van der Waals surface area (Å²) in [4.78, 5) is 15.0. The maximum atomic E-state index is 13.3. The van der Waals surface area contributed by atoms with Crippen molar-refractivity contribution in [2.24, 2.45) is 0 Å². The number of pyridine rings is 1. The van der Waals surface area contributed by atoms with Gasteiger partial charge in [-0.3, -0.25) is 0 Å². The summed E-state index contributed by atoms with van der Waals surface area (Å²) < 4.78 is 13.3. The molecule has 0 unspecified atom stereocenters. The van der Waals surface area contributed by atoms with E-state index in [1.165, 1.54) is 12.3 Å². The molecule has 1 aromatic heterocycles. The molecule has 2 rings (SSSR count). The molecular weight excluding hydrogens is 235 g/mol. The van der Waals surface area contributed by atoms with Gasteiger partial charge in [0.2, 0.25) is 5.95 Å². The van der Waals surface area contributed by atoms with Gasteiger partial charge in [0.05, 0.1) is 11.9 Å². The number of para-hydroxylation sites is 1. The molecule has 0 bridgehead atoms. The first kappa shape index (κ1) is 11.8. The molecule has 0 saturated heterocycles. The Hall–Kier alpha value is -2.63. The lowest BCUT2D eigenvalue weighted by Gasteiger charge is -2.08. The second-order valence-corrected chi connectivity index (χ2v) is 3.55. The second kappa shape index (κ2) is 5.13. The predicted molar refractivity (Wildman–Crippen MR) is 67.7 cm³/mol. The Morgan fingerprint density at radius 3 is 2.67 bits per heavy atom. The highest BCUT2D eigenvalue weighted by atomic mass is 19.1. The van der Waals surface area contributed by atoms with Gasteiger partial charge in [0, 0.05) is 5.69 Å². The van der Waals surface area contributed by atoms with E-state index in [1.807, 2.05) is 6.07 Å². The maximum absolute atomic E-state index is 13.3. The zero-order valence-electron chi connectivity index (χ0n) is 9.35. The van der Waals surface area contributed by atoms with E-state index < -0.39 is 12.0 Å². The summed E-state index contributed by atoms with van der Waals surface area (Å²) >= 11 is 0. The number of carbonyl (C=O) groups is 1. The number of anilines is 3. The fourth-order valence-corrected chi connectivity index (χ4v) is 1.36. The van der Waals surface area contributed by atoms with Crippen LogP contribution < -0.4 is 16.4 Å². The van der Waals surface area contributed by atoms with E-state index in [1.54, 1.807) is 24.3 Å². The van der Waals surface area contributed by atoms with Crippen LogP contribution in [0.4, 0.5) is 26.2 Å². The van der Waals surface area contributed by atoms with Crippen molar-refractivity contribution in [3.63, 3.8) is 0 Å². The van der Waals surface area contributed by atoms with Gasteiger partial charge in [-0.25, -0.2) is 9.78 Å². The lowest BCUT2D eigenvalue weighted by atomic mass is 10.3. The number of nitrogens with two attached hydrogens (primary N) is 1. The molecule has 5 nitrogen and oxygen atoms in total. The number of aromatic nitrogens is 1. The molecule has 0 aliphatic heterocycles. The normalized spacial score (nSPS) is 9.83. The smallest absolute Gasteiger partial charge is 0.323 e. The van der Waals surface area contributed by atoms with Gasteiger partial charge in [0.15, 0.2) is 0 Å². The van der Waals surface area contributed by atoms with E-state index in [4.69, 9.17) is 5.73 Å². The topological polar surface area (TPSA) is 80.0 Å². The quantitative estimate of drug-likeness (QED) is 0.712. The van der Waals surface area contributed by atoms with Gasteiger partial charge in [-0.15, -0.1) is 0 Å². The molecule has 1 heterocycles. The van der Waals surface area contributed by atoms with E-state index in [0.29, 0.717) is 5.69 Å². The second-order valence-electron chi connectivity index (χ2n) is 3.55. The van der Waals surface area contributed by atoms with Gasteiger partial charge >= 0.3 is 6.03 Å². The Kier molecular flexibility index (Phi) is 3.38. The number of urea groups is 1. The third-order valence-corrected chi connectivity index (χ3v) is 2.14. The average molecular weight is 246 g/mol.